The van der Waals surface area contributed by atoms with Gasteiger partial charge in [0.1, 0.15) is 11.4 Å². The standard InChI is InChI=1S/C6H5Br2NO3S/c7-3-2-6(12-13(10)11)4(8)1-5(3)9/h1-2H,9H2,(H,10,11)/p-1. The largest absolute Gasteiger partial charge is 0.740 e. The molecule has 0 aliphatic heterocycles. The van der Waals surface area contributed by atoms with Gasteiger partial charge in [0.25, 0.3) is 0 Å². The quantitative estimate of drug-likeness (QED) is 0.665. The molecule has 0 radical (unpaired) electrons. The Balaban J connectivity index is 3.08. The average Bonchev–Trinajstić information content (AvgIpc) is 1.99. The van der Waals surface area contributed by atoms with Crippen molar-refractivity contribution in [1.82, 2.24) is 0 Å². The van der Waals surface area contributed by atoms with E-state index in [0.29, 0.717) is 14.6 Å². The Kier molecular flexibility index (Phi) is 3.72. The zero-order valence-electron chi connectivity index (χ0n) is 6.12. The topological polar surface area (TPSA) is 75.4 Å². The first-order chi connectivity index (χ1) is 6.00. The van der Waals surface area contributed by atoms with Crippen molar-refractivity contribution in [3.8, 4) is 5.75 Å². The number of hydrogen-bond acceptors (Lipinski definition) is 4. The predicted molar refractivity (Wildman–Crippen MR) is 55.8 cm³/mol. The van der Waals surface area contributed by atoms with Crippen LogP contribution in [0.25, 0.3) is 0 Å². The lowest BCUT2D eigenvalue weighted by molar-refractivity contribution is 0.439. The highest BCUT2D eigenvalue weighted by Gasteiger charge is 2.05. The molecule has 4 nitrogen and oxygen atoms in total. The van der Waals surface area contributed by atoms with Crippen molar-refractivity contribution < 1.29 is 12.9 Å². The highest BCUT2D eigenvalue weighted by atomic mass is 79.9. The first kappa shape index (κ1) is 11.0. The number of hydrogen-bond donors (Lipinski definition) is 1. The lowest BCUT2D eigenvalue weighted by Crippen LogP contribution is -1.99. The molecular weight excluding hydrogens is 326 g/mol. The van der Waals surface area contributed by atoms with E-state index in [4.69, 9.17) is 5.73 Å². The van der Waals surface area contributed by atoms with Crippen molar-refractivity contribution in [2.24, 2.45) is 0 Å². The van der Waals surface area contributed by atoms with Gasteiger partial charge in [-0.05, 0) is 44.0 Å². The molecule has 1 atom stereocenters. The van der Waals surface area contributed by atoms with E-state index in [1.807, 2.05) is 0 Å². The lowest BCUT2D eigenvalue weighted by atomic mass is 10.3. The van der Waals surface area contributed by atoms with Crippen molar-refractivity contribution >= 4 is 48.9 Å². The van der Waals surface area contributed by atoms with E-state index < -0.39 is 11.4 Å². The number of benzene rings is 1. The van der Waals surface area contributed by atoms with Crippen LogP contribution in [-0.4, -0.2) is 8.76 Å². The molecule has 0 aromatic heterocycles. The lowest BCUT2D eigenvalue weighted by Gasteiger charge is -2.10. The second-order valence-electron chi connectivity index (χ2n) is 2.09. The van der Waals surface area contributed by atoms with E-state index in [0.717, 1.165) is 0 Å². The summed E-state index contributed by atoms with van der Waals surface area (Å²) in [5, 5.41) is 0. The first-order valence-electron chi connectivity index (χ1n) is 3.03. The Morgan fingerprint density at radius 2 is 2.00 bits per heavy atom. The number of halogens is 2. The molecule has 1 aromatic carbocycles. The molecule has 0 spiro atoms. The molecule has 0 amide bonds. The van der Waals surface area contributed by atoms with Crippen molar-refractivity contribution in [3.63, 3.8) is 0 Å². The Morgan fingerprint density at radius 3 is 2.54 bits per heavy atom. The van der Waals surface area contributed by atoms with Crippen LogP contribution in [0.4, 0.5) is 5.69 Å². The third-order valence-electron chi connectivity index (χ3n) is 1.21. The van der Waals surface area contributed by atoms with Gasteiger partial charge in [-0.25, -0.2) is 4.21 Å². The molecule has 0 aliphatic carbocycles. The second-order valence-corrected chi connectivity index (χ2v) is 4.38. The van der Waals surface area contributed by atoms with E-state index in [1.165, 1.54) is 6.07 Å². The van der Waals surface area contributed by atoms with E-state index in [1.54, 1.807) is 6.07 Å². The summed E-state index contributed by atoms with van der Waals surface area (Å²) in [7, 11) is 0. The number of anilines is 1. The van der Waals surface area contributed by atoms with Crippen LogP contribution in [0.2, 0.25) is 0 Å². The van der Waals surface area contributed by atoms with Crippen LogP contribution < -0.4 is 9.92 Å². The molecule has 0 heterocycles. The minimum absolute atomic E-state index is 0.189. The monoisotopic (exact) mass is 328 g/mol. The zero-order valence-corrected chi connectivity index (χ0v) is 10.1. The van der Waals surface area contributed by atoms with Crippen molar-refractivity contribution in [1.29, 1.82) is 0 Å². The maximum atomic E-state index is 10.2. The third-order valence-corrected chi connectivity index (χ3v) is 2.83. The van der Waals surface area contributed by atoms with Crippen LogP contribution >= 0.6 is 31.9 Å². The molecular formula is C6H4Br2NO3S-. The molecule has 1 unspecified atom stereocenters. The van der Waals surface area contributed by atoms with Crippen LogP contribution in [0, 0.1) is 0 Å². The average molecular weight is 330 g/mol. The van der Waals surface area contributed by atoms with Crippen molar-refractivity contribution in [2.75, 3.05) is 5.73 Å². The molecule has 2 N–H and O–H groups in total. The summed E-state index contributed by atoms with van der Waals surface area (Å²) in [5.41, 5.74) is 6.03. The van der Waals surface area contributed by atoms with Crippen LogP contribution in [0.3, 0.4) is 0 Å². The fraction of sp³-hybridized carbons (Fsp3) is 0. The van der Waals surface area contributed by atoms with Crippen LogP contribution in [-0.2, 0) is 11.4 Å². The smallest absolute Gasteiger partial charge is 0.154 e. The molecule has 1 rings (SSSR count). The summed E-state index contributed by atoms with van der Waals surface area (Å²) in [6, 6.07) is 3.02. The summed E-state index contributed by atoms with van der Waals surface area (Å²) in [4.78, 5) is 0. The molecule has 0 bridgehead atoms. The Hall–Kier alpha value is -0.110. The van der Waals surface area contributed by atoms with E-state index in [-0.39, 0.29) is 5.75 Å². The fourth-order valence-electron chi connectivity index (χ4n) is 0.681. The molecule has 7 heteroatoms. The van der Waals surface area contributed by atoms with Gasteiger partial charge in [-0.2, -0.15) is 0 Å². The van der Waals surface area contributed by atoms with Gasteiger partial charge < -0.3 is 14.5 Å². The fourth-order valence-corrected chi connectivity index (χ4v) is 1.84. The summed E-state index contributed by atoms with van der Waals surface area (Å²) in [6.07, 6.45) is 0. The summed E-state index contributed by atoms with van der Waals surface area (Å²) >= 11 is 3.67. The van der Waals surface area contributed by atoms with Gasteiger partial charge in [-0.1, -0.05) is 0 Å². The SMILES string of the molecule is Nc1cc(Br)c(OS(=O)[O-])cc1Br. The predicted octanol–water partition coefficient (Wildman–Crippen LogP) is 1.97. The molecule has 0 saturated heterocycles. The van der Waals surface area contributed by atoms with Crippen LogP contribution in [0.1, 0.15) is 0 Å². The summed E-state index contributed by atoms with van der Waals surface area (Å²) in [5.74, 6) is 0.189. The second kappa shape index (κ2) is 4.41. The maximum Gasteiger partial charge on any atom is 0.154 e. The van der Waals surface area contributed by atoms with Gasteiger partial charge >= 0.3 is 0 Å². The maximum absolute atomic E-state index is 10.2. The summed E-state index contributed by atoms with van der Waals surface area (Å²) < 4.78 is 26.0. The van der Waals surface area contributed by atoms with Gasteiger partial charge in [0, 0.05) is 10.2 Å². The Labute approximate surface area is 94.2 Å². The molecule has 72 valence electrons. The molecule has 0 aliphatic rings. The first-order valence-corrected chi connectivity index (χ1v) is 5.61. The third kappa shape index (κ3) is 2.94. The molecule has 0 fully saturated rings. The van der Waals surface area contributed by atoms with Crippen LogP contribution in [0.15, 0.2) is 21.1 Å². The van der Waals surface area contributed by atoms with Crippen LogP contribution in [0.5, 0.6) is 5.75 Å². The molecule has 13 heavy (non-hydrogen) atoms. The van der Waals surface area contributed by atoms with Gasteiger partial charge in [0.15, 0.2) is 5.75 Å². The zero-order chi connectivity index (χ0) is 10.0. The van der Waals surface area contributed by atoms with Crippen molar-refractivity contribution in [3.05, 3.63) is 21.1 Å². The van der Waals surface area contributed by atoms with Crippen molar-refractivity contribution in [2.45, 2.75) is 0 Å². The van der Waals surface area contributed by atoms with Gasteiger partial charge in [0.05, 0.1) is 4.47 Å². The number of nitrogens with two attached hydrogens (primary N) is 1. The molecule has 0 saturated carbocycles. The highest BCUT2D eigenvalue weighted by Crippen LogP contribution is 2.33. The highest BCUT2D eigenvalue weighted by molar-refractivity contribution is 9.11. The van der Waals surface area contributed by atoms with Gasteiger partial charge in [0.2, 0.25) is 0 Å². The molecule has 1 aromatic rings. The van der Waals surface area contributed by atoms with Gasteiger partial charge in [-0.3, -0.25) is 0 Å². The van der Waals surface area contributed by atoms with E-state index in [2.05, 4.69) is 36.0 Å². The summed E-state index contributed by atoms with van der Waals surface area (Å²) in [6.45, 7) is 0. The van der Waals surface area contributed by atoms with Gasteiger partial charge in [-0.15, -0.1) is 0 Å². The van der Waals surface area contributed by atoms with E-state index in [9.17, 15) is 8.76 Å². The normalized spacial score (nSPS) is 12.5. The Bertz CT molecular complexity index is 358. The minimum atomic E-state index is -2.58. The number of rotatable bonds is 2. The Morgan fingerprint density at radius 1 is 1.38 bits per heavy atom. The minimum Gasteiger partial charge on any atom is -0.740 e. The number of nitrogen functional groups attached to an aromatic ring is 1. The van der Waals surface area contributed by atoms with E-state index >= 15 is 0 Å².